The van der Waals surface area contributed by atoms with Gasteiger partial charge in [0.25, 0.3) is 0 Å². The van der Waals surface area contributed by atoms with Crippen LogP contribution in [0.2, 0.25) is 0 Å². The van der Waals surface area contributed by atoms with Crippen LogP contribution in [-0.4, -0.2) is 32.5 Å². The Hall–Kier alpha value is -1.07. The van der Waals surface area contributed by atoms with Crippen LogP contribution in [0.3, 0.4) is 0 Å². The van der Waals surface area contributed by atoms with Gasteiger partial charge in [0.2, 0.25) is 0 Å². The van der Waals surface area contributed by atoms with Gasteiger partial charge in [-0.25, -0.2) is 0 Å². The lowest BCUT2D eigenvalue weighted by atomic mass is 10.2. The zero-order valence-corrected chi connectivity index (χ0v) is 13.1. The topological polar surface area (TPSA) is 74.2 Å². The van der Waals surface area contributed by atoms with Gasteiger partial charge in [-0.05, 0) is 31.5 Å². The lowest BCUT2D eigenvalue weighted by Crippen LogP contribution is -2.06. The molecule has 1 aromatic carbocycles. The average Bonchev–Trinajstić information content (AvgIpc) is 2.46. The molecule has 1 rings (SSSR count). The average molecular weight is 304 g/mol. The van der Waals surface area contributed by atoms with Crippen LogP contribution in [0.1, 0.15) is 25.3 Å². The van der Waals surface area contributed by atoms with Crippen molar-refractivity contribution in [2.24, 2.45) is 0 Å². The highest BCUT2D eigenvalue weighted by molar-refractivity contribution is 7.54. The molecule has 0 fully saturated rings. The highest BCUT2D eigenvalue weighted by Gasteiger charge is 2.35. The van der Waals surface area contributed by atoms with E-state index in [1.807, 2.05) is 0 Å². The summed E-state index contributed by atoms with van der Waals surface area (Å²) in [6, 6.07) is 4.77. The van der Waals surface area contributed by atoms with Crippen LogP contribution in [0.5, 0.6) is 11.5 Å². The zero-order valence-electron chi connectivity index (χ0n) is 12.2. The summed E-state index contributed by atoms with van der Waals surface area (Å²) in [6.45, 7) is 3.74. The van der Waals surface area contributed by atoms with Crippen molar-refractivity contribution in [3.8, 4) is 11.5 Å². The Bertz CT molecular complexity index is 466. The lowest BCUT2D eigenvalue weighted by molar-refractivity contribution is 0.150. The van der Waals surface area contributed by atoms with Crippen LogP contribution >= 0.6 is 7.60 Å². The molecule has 1 N–H and O–H groups in total. The van der Waals surface area contributed by atoms with Crippen molar-refractivity contribution in [1.82, 2.24) is 0 Å². The maximum atomic E-state index is 12.5. The van der Waals surface area contributed by atoms with E-state index in [4.69, 9.17) is 18.5 Å². The fraction of sp³-hybridized carbons (Fsp3) is 0.538. The van der Waals surface area contributed by atoms with Crippen molar-refractivity contribution in [3.05, 3.63) is 23.8 Å². The fourth-order valence-corrected chi connectivity index (χ4v) is 3.34. The zero-order chi connectivity index (χ0) is 15.2. The first-order valence-electron chi connectivity index (χ1n) is 6.31. The number of methoxy groups -OCH3 is 2. The minimum absolute atomic E-state index is 0.182. The Balaban J connectivity index is 3.11. The van der Waals surface area contributed by atoms with E-state index in [1.165, 1.54) is 14.2 Å². The van der Waals surface area contributed by atoms with Gasteiger partial charge in [0.1, 0.15) is 0 Å². The van der Waals surface area contributed by atoms with Gasteiger partial charge in [0.15, 0.2) is 17.3 Å². The number of ether oxygens (including phenoxy) is 2. The molecule has 0 saturated heterocycles. The Kier molecular flexibility index (Phi) is 6.49. The van der Waals surface area contributed by atoms with Crippen molar-refractivity contribution in [2.45, 2.75) is 19.7 Å². The van der Waals surface area contributed by atoms with E-state index in [1.54, 1.807) is 32.0 Å². The summed E-state index contributed by atoms with van der Waals surface area (Å²) in [4.78, 5) is 0. The molecule has 1 atom stereocenters. The summed E-state index contributed by atoms with van der Waals surface area (Å²) in [5.41, 5.74) is 0.382. The first-order valence-corrected chi connectivity index (χ1v) is 7.92. The number of hydrogen-bond acceptors (Lipinski definition) is 6. The molecule has 0 aliphatic heterocycles. The quantitative estimate of drug-likeness (QED) is 0.744. The molecule has 0 aliphatic rings. The summed E-state index contributed by atoms with van der Waals surface area (Å²) in [5.74, 6) is -0.420. The molecule has 0 amide bonds. The molecular formula is C13H21O6P. The highest BCUT2D eigenvalue weighted by Crippen LogP contribution is 2.59. The van der Waals surface area contributed by atoms with Gasteiger partial charge in [0, 0.05) is 0 Å². The van der Waals surface area contributed by atoms with E-state index in [2.05, 4.69) is 0 Å². The van der Waals surface area contributed by atoms with Crippen LogP contribution in [0, 0.1) is 0 Å². The van der Waals surface area contributed by atoms with Gasteiger partial charge >= 0.3 is 7.60 Å². The molecular weight excluding hydrogens is 283 g/mol. The van der Waals surface area contributed by atoms with Gasteiger partial charge in [-0.15, -0.1) is 0 Å². The molecule has 0 bridgehead atoms. The molecule has 0 heterocycles. The molecule has 0 aliphatic carbocycles. The van der Waals surface area contributed by atoms with Crippen LogP contribution in [0.4, 0.5) is 0 Å². The van der Waals surface area contributed by atoms with Crippen molar-refractivity contribution in [1.29, 1.82) is 0 Å². The summed E-state index contributed by atoms with van der Waals surface area (Å²) < 4.78 is 33.0. The van der Waals surface area contributed by atoms with Gasteiger partial charge in [-0.3, -0.25) is 4.57 Å². The largest absolute Gasteiger partial charge is 0.493 e. The number of aliphatic hydroxyl groups is 1. The molecule has 1 aromatic rings. The second-order valence-corrected chi connectivity index (χ2v) is 5.95. The normalized spacial score (nSPS) is 13.1. The van der Waals surface area contributed by atoms with Crippen molar-refractivity contribution < 1.29 is 28.2 Å². The van der Waals surface area contributed by atoms with Gasteiger partial charge in [0.05, 0.1) is 27.4 Å². The van der Waals surface area contributed by atoms with Crippen LogP contribution in [0.25, 0.3) is 0 Å². The van der Waals surface area contributed by atoms with E-state index in [0.717, 1.165) is 0 Å². The number of benzene rings is 1. The van der Waals surface area contributed by atoms with Crippen LogP contribution < -0.4 is 9.47 Å². The Labute approximate surface area is 119 Å². The van der Waals surface area contributed by atoms with Crippen molar-refractivity contribution >= 4 is 7.60 Å². The second kappa shape index (κ2) is 7.64. The van der Waals surface area contributed by atoms with Crippen molar-refractivity contribution in [2.75, 3.05) is 27.4 Å². The summed E-state index contributed by atoms with van der Waals surface area (Å²) in [6.07, 6.45) is 0. The maximum absolute atomic E-state index is 12.5. The molecule has 0 unspecified atom stereocenters. The van der Waals surface area contributed by atoms with E-state index in [-0.39, 0.29) is 13.2 Å². The molecule has 0 spiro atoms. The smallest absolute Gasteiger partial charge is 0.363 e. The van der Waals surface area contributed by atoms with Gasteiger partial charge in [-0.2, -0.15) is 0 Å². The second-order valence-electron chi connectivity index (χ2n) is 3.86. The summed E-state index contributed by atoms with van der Waals surface area (Å²) >= 11 is 0. The van der Waals surface area contributed by atoms with E-state index in [0.29, 0.717) is 17.1 Å². The Morgan fingerprint density at radius 3 is 2.10 bits per heavy atom. The number of hydrogen-bond donors (Lipinski definition) is 1. The molecule has 20 heavy (non-hydrogen) atoms. The maximum Gasteiger partial charge on any atom is 0.363 e. The summed E-state index contributed by atoms with van der Waals surface area (Å²) in [7, 11) is -0.629. The minimum atomic E-state index is -3.63. The van der Waals surface area contributed by atoms with E-state index in [9.17, 15) is 9.67 Å². The lowest BCUT2D eigenvalue weighted by Gasteiger charge is -2.23. The van der Waals surface area contributed by atoms with Crippen molar-refractivity contribution in [3.63, 3.8) is 0 Å². The Morgan fingerprint density at radius 2 is 1.65 bits per heavy atom. The molecule has 0 radical (unpaired) electrons. The number of aliphatic hydroxyl groups excluding tert-OH is 1. The minimum Gasteiger partial charge on any atom is -0.493 e. The predicted octanol–water partition coefficient (Wildman–Crippen LogP) is 2.96. The third-order valence-corrected chi connectivity index (χ3v) is 4.76. The van der Waals surface area contributed by atoms with E-state index >= 15 is 0 Å². The van der Waals surface area contributed by atoms with Gasteiger partial charge < -0.3 is 23.6 Å². The molecule has 6 nitrogen and oxygen atoms in total. The first-order chi connectivity index (χ1) is 9.52. The van der Waals surface area contributed by atoms with Gasteiger partial charge in [-0.1, -0.05) is 6.07 Å². The predicted molar refractivity (Wildman–Crippen MR) is 75.4 cm³/mol. The van der Waals surface area contributed by atoms with E-state index < -0.39 is 13.4 Å². The monoisotopic (exact) mass is 304 g/mol. The number of rotatable bonds is 8. The molecule has 114 valence electrons. The first kappa shape index (κ1) is 17.0. The third kappa shape index (κ3) is 3.73. The fourth-order valence-electron chi connectivity index (χ4n) is 1.73. The van der Waals surface area contributed by atoms with Crippen LogP contribution in [-0.2, 0) is 13.6 Å². The summed E-state index contributed by atoms with van der Waals surface area (Å²) in [5, 5.41) is 10.3. The highest BCUT2D eigenvalue weighted by atomic mass is 31.2. The molecule has 7 heteroatoms. The SMILES string of the molecule is CCOP(=O)(OCC)[C@H](O)c1ccc(OC)c(OC)c1. The molecule has 0 aromatic heterocycles. The standard InChI is InChI=1S/C13H21O6P/c1-5-18-20(15,19-6-2)13(14)10-7-8-11(16-3)12(9-10)17-4/h7-9,13-14H,5-6H2,1-4H3/t13-/m0/s1. The van der Waals surface area contributed by atoms with Crippen LogP contribution in [0.15, 0.2) is 18.2 Å². The third-order valence-electron chi connectivity index (χ3n) is 2.62. The Morgan fingerprint density at radius 1 is 1.10 bits per heavy atom. The molecule has 0 saturated carbocycles.